The minimum absolute atomic E-state index is 0.106. The van der Waals surface area contributed by atoms with E-state index in [0.29, 0.717) is 17.6 Å². The van der Waals surface area contributed by atoms with E-state index in [-0.39, 0.29) is 12.2 Å². The molecule has 0 aromatic heterocycles. The van der Waals surface area contributed by atoms with Gasteiger partial charge in [-0.1, -0.05) is 48.5 Å². The first-order valence-electron chi connectivity index (χ1n) is 14.7. The van der Waals surface area contributed by atoms with Gasteiger partial charge in [-0.3, -0.25) is 0 Å². The van der Waals surface area contributed by atoms with E-state index >= 15 is 0 Å². The first-order chi connectivity index (χ1) is 19.2. The lowest BCUT2D eigenvalue weighted by molar-refractivity contribution is -0.141. The van der Waals surface area contributed by atoms with Crippen molar-refractivity contribution in [2.75, 3.05) is 45.3 Å². The van der Waals surface area contributed by atoms with Crippen molar-refractivity contribution >= 4 is 5.69 Å². The first kappa shape index (κ1) is 27.7. The Hall–Kier alpha value is -2.86. The van der Waals surface area contributed by atoms with Gasteiger partial charge in [0.05, 0.1) is 0 Å². The molecule has 2 heterocycles. The van der Waals surface area contributed by atoms with Crippen LogP contribution in [-0.2, 0) is 15.9 Å². The van der Waals surface area contributed by atoms with Crippen molar-refractivity contribution in [2.45, 2.75) is 56.7 Å². The topological polar surface area (TPSA) is 54.0 Å². The molecule has 3 aromatic carbocycles. The minimum Gasteiger partial charge on any atom is -0.508 e. The number of nitrogens with zero attached hydrogens (tertiary/aromatic N) is 1. The van der Waals surface area contributed by atoms with Crippen LogP contribution in [0, 0.1) is 5.92 Å². The third-order valence-corrected chi connectivity index (χ3v) is 8.78. The zero-order valence-electron chi connectivity index (χ0n) is 23.5. The normalized spacial score (nSPS) is 21.4. The van der Waals surface area contributed by atoms with E-state index in [2.05, 4.69) is 70.9 Å². The molecule has 2 saturated heterocycles. The number of methoxy groups -OCH3 is 2. The van der Waals surface area contributed by atoms with Crippen molar-refractivity contribution < 1.29 is 14.6 Å². The van der Waals surface area contributed by atoms with Crippen LogP contribution in [0.1, 0.15) is 66.2 Å². The molecule has 0 saturated carbocycles. The number of hydrogen-bond acceptors (Lipinski definition) is 5. The predicted octanol–water partition coefficient (Wildman–Crippen LogP) is 6.46. The molecule has 2 N–H and O–H groups in total. The Morgan fingerprint density at radius 3 is 2.13 bits per heavy atom. The highest BCUT2D eigenvalue weighted by atomic mass is 16.7. The Kier molecular flexibility index (Phi) is 9.57. The van der Waals surface area contributed by atoms with Crippen LogP contribution in [0.15, 0.2) is 72.8 Å². The van der Waals surface area contributed by atoms with Crippen LogP contribution < -0.4 is 10.2 Å². The summed E-state index contributed by atoms with van der Waals surface area (Å²) in [7, 11) is 3.46. The van der Waals surface area contributed by atoms with Crippen molar-refractivity contribution in [1.29, 1.82) is 0 Å². The molecule has 6 rings (SSSR count). The highest BCUT2D eigenvalue weighted by Gasteiger charge is 2.32. The number of phenols is 1. The number of hydrogen-bond donors (Lipinski definition) is 2. The number of aromatic hydroxyl groups is 1. The molecule has 3 aromatic rings. The monoisotopic (exact) mass is 528 g/mol. The molecule has 0 amide bonds. The largest absolute Gasteiger partial charge is 0.508 e. The van der Waals surface area contributed by atoms with Gasteiger partial charge < -0.3 is 24.8 Å². The second kappa shape index (κ2) is 13.5. The van der Waals surface area contributed by atoms with Crippen molar-refractivity contribution in [2.24, 2.45) is 5.92 Å². The maximum absolute atomic E-state index is 10.1. The van der Waals surface area contributed by atoms with Gasteiger partial charge in [0.15, 0.2) is 6.29 Å². The molecule has 0 spiro atoms. The zero-order valence-corrected chi connectivity index (χ0v) is 23.5. The standard InChI is InChI=1S/C30H35NO3.C4H9N/c1-33-30(34-2)23-16-18-31(19-17-23)25-11-8-22(9-12-25)29-27(21-6-4-3-5-7-21)14-10-24-20-26(32)13-15-28(24)29;1-2-4-5-3-1/h3-9,11-13,15,20,23,27,29-30,32H,10,14,16-19H2,1-2H3;5H,1-4H2. The van der Waals surface area contributed by atoms with Crippen LogP contribution in [0.25, 0.3) is 0 Å². The first-order valence-corrected chi connectivity index (χ1v) is 14.7. The van der Waals surface area contributed by atoms with Crippen molar-refractivity contribution in [3.63, 3.8) is 0 Å². The molecule has 2 fully saturated rings. The van der Waals surface area contributed by atoms with Gasteiger partial charge in [-0.15, -0.1) is 0 Å². The van der Waals surface area contributed by atoms with Crippen LogP contribution in [0.4, 0.5) is 5.69 Å². The number of nitrogens with one attached hydrogen (secondary N) is 1. The molecule has 0 bridgehead atoms. The van der Waals surface area contributed by atoms with E-state index in [1.54, 1.807) is 14.2 Å². The van der Waals surface area contributed by atoms with E-state index in [4.69, 9.17) is 9.47 Å². The van der Waals surface area contributed by atoms with Crippen molar-refractivity contribution in [3.8, 4) is 5.75 Å². The predicted molar refractivity (Wildman–Crippen MR) is 159 cm³/mol. The van der Waals surface area contributed by atoms with E-state index in [1.807, 2.05) is 12.1 Å². The molecule has 39 heavy (non-hydrogen) atoms. The number of phenolic OH excluding ortho intramolecular Hbond substituents is 1. The van der Waals surface area contributed by atoms with Gasteiger partial charge in [0.1, 0.15) is 5.75 Å². The van der Waals surface area contributed by atoms with Crippen LogP contribution in [0.2, 0.25) is 0 Å². The summed E-state index contributed by atoms with van der Waals surface area (Å²) in [6, 6.07) is 26.0. The van der Waals surface area contributed by atoms with Gasteiger partial charge >= 0.3 is 0 Å². The van der Waals surface area contributed by atoms with Gasteiger partial charge in [-0.25, -0.2) is 0 Å². The molecule has 0 radical (unpaired) electrons. The maximum Gasteiger partial charge on any atom is 0.159 e. The molecular weight excluding hydrogens is 484 g/mol. The minimum atomic E-state index is -0.106. The van der Waals surface area contributed by atoms with Gasteiger partial charge in [0, 0.05) is 44.8 Å². The Bertz CT molecular complexity index is 1140. The average Bonchev–Trinajstić information content (AvgIpc) is 3.59. The fourth-order valence-corrected chi connectivity index (χ4v) is 6.71. The van der Waals surface area contributed by atoms with Gasteiger partial charge in [-0.05, 0) is 104 Å². The molecule has 3 aliphatic rings. The molecule has 5 heteroatoms. The molecule has 5 nitrogen and oxygen atoms in total. The zero-order chi connectivity index (χ0) is 27.0. The van der Waals surface area contributed by atoms with E-state index in [9.17, 15) is 5.11 Å². The number of rotatable bonds is 6. The lowest BCUT2D eigenvalue weighted by Crippen LogP contribution is -2.39. The van der Waals surface area contributed by atoms with Crippen molar-refractivity contribution in [3.05, 3.63) is 95.1 Å². The molecule has 2 unspecified atom stereocenters. The second-order valence-corrected chi connectivity index (χ2v) is 11.1. The lowest BCUT2D eigenvalue weighted by atomic mass is 9.69. The Labute approximate surface area is 234 Å². The smallest absolute Gasteiger partial charge is 0.159 e. The number of fused-ring (bicyclic) bond motifs is 1. The van der Waals surface area contributed by atoms with Crippen LogP contribution in [0.5, 0.6) is 5.75 Å². The summed E-state index contributed by atoms with van der Waals surface area (Å²) in [5, 5.41) is 13.3. The maximum atomic E-state index is 10.1. The van der Waals surface area contributed by atoms with Gasteiger partial charge in [-0.2, -0.15) is 0 Å². The summed E-state index contributed by atoms with van der Waals surface area (Å²) < 4.78 is 11.0. The number of benzene rings is 3. The second-order valence-electron chi connectivity index (χ2n) is 11.1. The number of aryl methyl sites for hydroxylation is 1. The molecule has 2 aliphatic heterocycles. The summed E-state index contributed by atoms with van der Waals surface area (Å²) in [4.78, 5) is 2.48. The molecule has 1 aliphatic carbocycles. The summed E-state index contributed by atoms with van der Waals surface area (Å²) in [5.74, 6) is 1.53. The fourth-order valence-electron chi connectivity index (χ4n) is 6.71. The highest BCUT2D eigenvalue weighted by molar-refractivity contribution is 5.52. The molecule has 208 valence electrons. The summed E-state index contributed by atoms with van der Waals surface area (Å²) in [5.41, 5.74) is 6.64. The van der Waals surface area contributed by atoms with Crippen LogP contribution in [0.3, 0.4) is 0 Å². The average molecular weight is 529 g/mol. The van der Waals surface area contributed by atoms with E-state index in [1.165, 1.54) is 53.9 Å². The molecular formula is C34H44N2O3. The SMILES string of the molecule is C1CCNC1.COC(OC)C1CCN(c2ccc(C3c4ccc(O)cc4CCC3c3ccccc3)cc2)CC1. The van der Waals surface area contributed by atoms with Crippen LogP contribution in [-0.4, -0.2) is 51.8 Å². The van der Waals surface area contributed by atoms with Gasteiger partial charge in [0.25, 0.3) is 0 Å². The van der Waals surface area contributed by atoms with Gasteiger partial charge in [0.2, 0.25) is 0 Å². The highest BCUT2D eigenvalue weighted by Crippen LogP contribution is 2.47. The Morgan fingerprint density at radius 2 is 1.51 bits per heavy atom. The third kappa shape index (κ3) is 6.66. The van der Waals surface area contributed by atoms with E-state index < -0.39 is 0 Å². The summed E-state index contributed by atoms with van der Waals surface area (Å²) in [6.45, 7) is 4.54. The van der Waals surface area contributed by atoms with Crippen LogP contribution >= 0.6 is 0 Å². The number of piperidine rings is 1. The Morgan fingerprint density at radius 1 is 0.821 bits per heavy atom. The quantitative estimate of drug-likeness (QED) is 0.360. The molecule has 2 atom stereocenters. The Balaban J connectivity index is 0.000000555. The lowest BCUT2D eigenvalue weighted by Gasteiger charge is -2.37. The number of ether oxygens (including phenoxy) is 2. The van der Waals surface area contributed by atoms with Crippen molar-refractivity contribution in [1.82, 2.24) is 5.32 Å². The third-order valence-electron chi connectivity index (χ3n) is 8.78. The number of anilines is 1. The fraction of sp³-hybridized carbons (Fsp3) is 0.471. The van der Waals surface area contributed by atoms with E-state index in [0.717, 1.165) is 38.8 Å². The summed E-state index contributed by atoms with van der Waals surface area (Å²) >= 11 is 0. The summed E-state index contributed by atoms with van der Waals surface area (Å²) in [6.07, 6.45) is 6.90.